The fourth-order valence-corrected chi connectivity index (χ4v) is 3.32. The molecule has 2 aromatic carbocycles. The lowest BCUT2D eigenvalue weighted by Gasteiger charge is -2.13. The van der Waals surface area contributed by atoms with E-state index in [1.807, 2.05) is 0 Å². The van der Waals surface area contributed by atoms with Crippen LogP contribution >= 0.6 is 12.2 Å². The van der Waals surface area contributed by atoms with E-state index in [9.17, 15) is 13.2 Å². The molecule has 1 amide bonds. The van der Waals surface area contributed by atoms with Crippen LogP contribution in [0.25, 0.3) is 0 Å². The highest BCUT2D eigenvalue weighted by Gasteiger charge is 2.16. The van der Waals surface area contributed by atoms with Crippen molar-refractivity contribution < 1.29 is 17.9 Å². The second-order valence-electron chi connectivity index (χ2n) is 5.84. The number of carbonyl (C=O) groups excluding carboxylic acids is 1. The molecular formula is C18H21N3O4S2. The molecule has 0 heterocycles. The molecule has 2 rings (SSSR count). The van der Waals surface area contributed by atoms with Crippen molar-refractivity contribution in [3.05, 3.63) is 54.1 Å². The number of benzene rings is 2. The Morgan fingerprint density at radius 3 is 2.19 bits per heavy atom. The lowest BCUT2D eigenvalue weighted by molar-refractivity contribution is -0.119. The van der Waals surface area contributed by atoms with Crippen molar-refractivity contribution in [3.63, 3.8) is 0 Å². The first-order valence-electron chi connectivity index (χ1n) is 7.98. The van der Waals surface area contributed by atoms with Crippen LogP contribution < -0.4 is 15.4 Å². The molecule has 0 radical (unpaired) electrons. The molecule has 27 heavy (non-hydrogen) atoms. The molecule has 0 saturated heterocycles. The van der Waals surface area contributed by atoms with Gasteiger partial charge in [0.25, 0.3) is 0 Å². The number of sulfonamides is 1. The lowest BCUT2D eigenvalue weighted by atomic mass is 10.1. The third-order valence-electron chi connectivity index (χ3n) is 3.67. The van der Waals surface area contributed by atoms with Gasteiger partial charge in [-0.2, -0.15) is 0 Å². The third kappa shape index (κ3) is 5.75. The van der Waals surface area contributed by atoms with Crippen molar-refractivity contribution in [1.82, 2.24) is 9.62 Å². The number of anilines is 1. The molecule has 0 aliphatic carbocycles. The Morgan fingerprint density at radius 2 is 1.67 bits per heavy atom. The van der Waals surface area contributed by atoms with Gasteiger partial charge in [0.1, 0.15) is 5.75 Å². The summed E-state index contributed by atoms with van der Waals surface area (Å²) in [5, 5.41) is 5.58. The van der Waals surface area contributed by atoms with E-state index in [1.54, 1.807) is 43.5 Å². The normalized spacial score (nSPS) is 11.1. The molecule has 0 atom stereocenters. The first-order valence-corrected chi connectivity index (χ1v) is 9.83. The second kappa shape index (κ2) is 8.94. The molecule has 2 aromatic rings. The molecule has 7 nitrogen and oxygen atoms in total. The molecule has 0 spiro atoms. The van der Waals surface area contributed by atoms with Gasteiger partial charge in [0.15, 0.2) is 5.11 Å². The van der Waals surface area contributed by atoms with Crippen molar-refractivity contribution in [3.8, 4) is 5.75 Å². The van der Waals surface area contributed by atoms with Gasteiger partial charge in [-0.1, -0.05) is 12.1 Å². The van der Waals surface area contributed by atoms with Crippen molar-refractivity contribution in [2.24, 2.45) is 0 Å². The molecular weight excluding hydrogens is 386 g/mol. The Bertz CT molecular complexity index is 909. The van der Waals surface area contributed by atoms with Crippen LogP contribution in [0.3, 0.4) is 0 Å². The average molecular weight is 408 g/mol. The summed E-state index contributed by atoms with van der Waals surface area (Å²) in [5.41, 5.74) is 1.40. The largest absolute Gasteiger partial charge is 0.497 e. The first kappa shape index (κ1) is 20.8. The highest BCUT2D eigenvalue weighted by molar-refractivity contribution is 7.89. The smallest absolute Gasteiger partial charge is 0.242 e. The standard InChI is InChI=1S/C18H21N3O4S2/c1-21(2)27(23,24)16-10-6-14(7-11-16)19-18(26)20-17(22)12-13-4-8-15(25-3)9-5-13/h4-11H,12H2,1-3H3,(H2,19,20,22,26). The van der Waals surface area contributed by atoms with Gasteiger partial charge in [0.05, 0.1) is 18.4 Å². The van der Waals surface area contributed by atoms with Crippen LogP contribution in [-0.4, -0.2) is 44.9 Å². The summed E-state index contributed by atoms with van der Waals surface area (Å²) in [6.45, 7) is 0. The van der Waals surface area contributed by atoms with Crippen LogP contribution in [0.15, 0.2) is 53.4 Å². The van der Waals surface area contributed by atoms with Gasteiger partial charge in [-0.05, 0) is 54.2 Å². The maximum atomic E-state index is 12.1. The van der Waals surface area contributed by atoms with Crippen molar-refractivity contribution in [1.29, 1.82) is 0 Å². The summed E-state index contributed by atoms with van der Waals surface area (Å²) >= 11 is 5.13. The Morgan fingerprint density at radius 1 is 1.07 bits per heavy atom. The predicted molar refractivity (Wildman–Crippen MR) is 108 cm³/mol. The Labute approximate surface area is 164 Å². The minimum Gasteiger partial charge on any atom is -0.497 e. The number of nitrogens with one attached hydrogen (secondary N) is 2. The van der Waals surface area contributed by atoms with Gasteiger partial charge in [-0.15, -0.1) is 0 Å². The Balaban J connectivity index is 1.92. The van der Waals surface area contributed by atoms with E-state index in [1.165, 1.54) is 26.2 Å². The molecule has 2 N–H and O–H groups in total. The van der Waals surface area contributed by atoms with Crippen LogP contribution in [0.4, 0.5) is 5.69 Å². The van der Waals surface area contributed by atoms with Crippen LogP contribution in [0, 0.1) is 0 Å². The van der Waals surface area contributed by atoms with Crippen LogP contribution in [0.1, 0.15) is 5.56 Å². The summed E-state index contributed by atoms with van der Waals surface area (Å²) in [5.74, 6) is 0.459. The number of methoxy groups -OCH3 is 1. The zero-order valence-electron chi connectivity index (χ0n) is 15.2. The summed E-state index contributed by atoms with van der Waals surface area (Å²) in [4.78, 5) is 12.2. The lowest BCUT2D eigenvalue weighted by Crippen LogP contribution is -2.35. The van der Waals surface area contributed by atoms with E-state index in [2.05, 4.69) is 10.6 Å². The van der Waals surface area contributed by atoms with E-state index in [4.69, 9.17) is 17.0 Å². The number of rotatable bonds is 6. The summed E-state index contributed by atoms with van der Waals surface area (Å²) < 4.78 is 30.3. The quantitative estimate of drug-likeness (QED) is 0.712. The minimum absolute atomic E-state index is 0.136. The fourth-order valence-electron chi connectivity index (χ4n) is 2.18. The van der Waals surface area contributed by atoms with E-state index >= 15 is 0 Å². The third-order valence-corrected chi connectivity index (χ3v) is 5.70. The zero-order valence-corrected chi connectivity index (χ0v) is 16.9. The number of carbonyl (C=O) groups is 1. The Hall–Kier alpha value is -2.49. The molecule has 0 aromatic heterocycles. The highest BCUT2D eigenvalue weighted by atomic mass is 32.2. The molecule has 0 aliphatic rings. The maximum Gasteiger partial charge on any atom is 0.242 e. The van der Waals surface area contributed by atoms with Gasteiger partial charge < -0.3 is 15.4 Å². The van der Waals surface area contributed by atoms with Gasteiger partial charge in [-0.25, -0.2) is 12.7 Å². The predicted octanol–water partition coefficient (Wildman–Crippen LogP) is 2.00. The van der Waals surface area contributed by atoms with Crippen molar-refractivity contribution >= 4 is 38.9 Å². The highest BCUT2D eigenvalue weighted by Crippen LogP contribution is 2.16. The fraction of sp³-hybridized carbons (Fsp3) is 0.222. The van der Waals surface area contributed by atoms with Crippen LogP contribution in [0.5, 0.6) is 5.75 Å². The number of hydrogen-bond donors (Lipinski definition) is 2. The maximum absolute atomic E-state index is 12.1. The number of amides is 1. The number of thiocarbonyl (C=S) groups is 1. The van der Waals surface area contributed by atoms with E-state index < -0.39 is 10.0 Å². The molecule has 0 saturated carbocycles. The molecule has 144 valence electrons. The minimum atomic E-state index is -3.49. The topological polar surface area (TPSA) is 87.7 Å². The molecule has 0 unspecified atom stereocenters. The van der Waals surface area contributed by atoms with Gasteiger partial charge >= 0.3 is 0 Å². The molecule has 0 aliphatic heterocycles. The number of hydrogen-bond acceptors (Lipinski definition) is 5. The summed E-state index contributed by atoms with van der Waals surface area (Å²) in [6, 6.07) is 13.3. The second-order valence-corrected chi connectivity index (χ2v) is 8.40. The molecule has 9 heteroatoms. The van der Waals surface area contributed by atoms with Gasteiger partial charge in [-0.3, -0.25) is 4.79 Å². The zero-order chi connectivity index (χ0) is 20.0. The summed E-state index contributed by atoms with van der Waals surface area (Å²) in [7, 11) is 1.03. The average Bonchev–Trinajstić information content (AvgIpc) is 2.62. The van der Waals surface area contributed by atoms with E-state index in [0.717, 1.165) is 15.6 Å². The van der Waals surface area contributed by atoms with Crippen LogP contribution in [-0.2, 0) is 21.2 Å². The van der Waals surface area contributed by atoms with E-state index in [0.29, 0.717) is 5.69 Å². The summed E-state index contributed by atoms with van der Waals surface area (Å²) in [6.07, 6.45) is 0.172. The molecule has 0 fully saturated rings. The van der Waals surface area contributed by atoms with Gasteiger partial charge in [0, 0.05) is 19.8 Å². The van der Waals surface area contributed by atoms with Gasteiger partial charge in [0.2, 0.25) is 15.9 Å². The van der Waals surface area contributed by atoms with Crippen LogP contribution in [0.2, 0.25) is 0 Å². The first-order chi connectivity index (χ1) is 12.7. The monoisotopic (exact) mass is 407 g/mol. The molecule has 0 bridgehead atoms. The van der Waals surface area contributed by atoms with Crippen molar-refractivity contribution in [2.45, 2.75) is 11.3 Å². The van der Waals surface area contributed by atoms with Crippen molar-refractivity contribution in [2.75, 3.05) is 26.5 Å². The Kier molecular flexibility index (Phi) is 6.89. The number of ether oxygens (including phenoxy) is 1. The SMILES string of the molecule is COc1ccc(CC(=O)NC(=S)Nc2ccc(S(=O)(=O)N(C)C)cc2)cc1. The van der Waals surface area contributed by atoms with E-state index in [-0.39, 0.29) is 22.3 Å². The number of nitrogens with zero attached hydrogens (tertiary/aromatic N) is 1.